The van der Waals surface area contributed by atoms with Gasteiger partial charge in [0.15, 0.2) is 10.8 Å². The quantitative estimate of drug-likeness (QED) is 0.903. The van der Waals surface area contributed by atoms with Crippen molar-refractivity contribution in [1.29, 1.82) is 0 Å². The maximum Gasteiger partial charge on any atom is 0.237 e. The number of hydrogen-bond donors (Lipinski definition) is 2. The number of nitrogens with one attached hydrogen (secondary N) is 1. The summed E-state index contributed by atoms with van der Waals surface area (Å²) < 4.78 is 5.28. The summed E-state index contributed by atoms with van der Waals surface area (Å²) in [4.78, 5) is 16.3. The topological polar surface area (TPSA) is 81.2 Å². The molecule has 0 aliphatic rings. The zero-order chi connectivity index (χ0) is 14.8. The van der Waals surface area contributed by atoms with E-state index >= 15 is 0 Å². The summed E-state index contributed by atoms with van der Waals surface area (Å²) in [5.41, 5.74) is 6.44. The molecule has 0 radical (unpaired) electrons. The van der Waals surface area contributed by atoms with Crippen molar-refractivity contribution in [3.05, 3.63) is 29.5 Å². The van der Waals surface area contributed by atoms with E-state index in [0.29, 0.717) is 6.54 Å². The predicted molar refractivity (Wildman–Crippen MR) is 86.3 cm³/mol. The maximum absolute atomic E-state index is 11.9. The van der Waals surface area contributed by atoms with Gasteiger partial charge in [-0.15, -0.1) is 23.7 Å². The van der Waals surface area contributed by atoms with Crippen molar-refractivity contribution in [2.75, 3.05) is 0 Å². The van der Waals surface area contributed by atoms with Crippen LogP contribution in [0.15, 0.2) is 28.2 Å². The molecular formula is C14H20ClN3O2S. The Hall–Kier alpha value is -1.37. The Morgan fingerprint density at radius 3 is 2.81 bits per heavy atom. The normalized spacial score (nSPS) is 12.6. The maximum atomic E-state index is 11.9. The molecular weight excluding hydrogens is 310 g/mol. The molecule has 21 heavy (non-hydrogen) atoms. The number of nitrogens with zero attached hydrogens (tertiary/aromatic N) is 1. The van der Waals surface area contributed by atoms with Crippen molar-refractivity contribution in [3.8, 4) is 10.8 Å². The Morgan fingerprint density at radius 1 is 1.52 bits per heavy atom. The van der Waals surface area contributed by atoms with Crippen LogP contribution >= 0.6 is 23.7 Å². The van der Waals surface area contributed by atoms with Gasteiger partial charge in [-0.05, 0) is 17.5 Å². The molecule has 5 nitrogen and oxygen atoms in total. The molecule has 7 heteroatoms. The van der Waals surface area contributed by atoms with Gasteiger partial charge in [0.1, 0.15) is 0 Å². The molecule has 3 N–H and O–H groups in total. The Labute approximate surface area is 134 Å². The third-order valence-corrected chi connectivity index (χ3v) is 3.85. The smallest absolute Gasteiger partial charge is 0.237 e. The van der Waals surface area contributed by atoms with Crippen LogP contribution in [0.4, 0.5) is 0 Å². The highest BCUT2D eigenvalue weighted by atomic mass is 35.5. The van der Waals surface area contributed by atoms with Crippen LogP contribution < -0.4 is 11.1 Å². The summed E-state index contributed by atoms with van der Waals surface area (Å²) in [6, 6.07) is 3.14. The molecule has 0 saturated carbocycles. The van der Waals surface area contributed by atoms with Crippen molar-refractivity contribution in [3.63, 3.8) is 0 Å². The lowest BCUT2D eigenvalue weighted by atomic mass is 9.87. The van der Waals surface area contributed by atoms with Crippen LogP contribution in [0.2, 0.25) is 0 Å². The highest BCUT2D eigenvalue weighted by molar-refractivity contribution is 7.13. The summed E-state index contributed by atoms with van der Waals surface area (Å²) in [7, 11) is 0. The molecule has 2 aromatic rings. The molecule has 0 spiro atoms. The number of thiazole rings is 1. The molecule has 0 bridgehead atoms. The van der Waals surface area contributed by atoms with E-state index in [0.717, 1.165) is 16.5 Å². The first kappa shape index (κ1) is 17.7. The Kier molecular flexibility index (Phi) is 5.95. The Balaban J connectivity index is 0.00000220. The van der Waals surface area contributed by atoms with Gasteiger partial charge in [0.25, 0.3) is 0 Å². The van der Waals surface area contributed by atoms with Crippen molar-refractivity contribution in [2.24, 2.45) is 11.1 Å². The molecule has 0 aliphatic carbocycles. The van der Waals surface area contributed by atoms with Crippen molar-refractivity contribution < 1.29 is 9.21 Å². The summed E-state index contributed by atoms with van der Waals surface area (Å²) in [5.74, 6) is 0.573. The van der Waals surface area contributed by atoms with Crippen molar-refractivity contribution in [2.45, 2.75) is 33.4 Å². The van der Waals surface area contributed by atoms with Gasteiger partial charge in [0.2, 0.25) is 5.91 Å². The number of aromatic nitrogens is 1. The van der Waals surface area contributed by atoms with E-state index in [1.165, 1.54) is 11.3 Å². The fraction of sp³-hybridized carbons (Fsp3) is 0.429. The molecule has 0 saturated heterocycles. The lowest BCUT2D eigenvalue weighted by Gasteiger charge is -2.25. The number of hydrogen-bond acceptors (Lipinski definition) is 5. The molecule has 0 aromatic carbocycles. The SMILES string of the molecule is CC(C)(C)[C@H](N)C(=O)NCc1csc(-c2ccco2)n1.Cl. The fourth-order valence-corrected chi connectivity index (χ4v) is 2.37. The largest absolute Gasteiger partial charge is 0.462 e. The van der Waals surface area contributed by atoms with Gasteiger partial charge in [-0.2, -0.15) is 0 Å². The number of furan rings is 1. The first-order valence-corrected chi connectivity index (χ1v) is 7.27. The molecule has 1 atom stereocenters. The molecule has 0 aliphatic heterocycles. The zero-order valence-corrected chi connectivity index (χ0v) is 13.9. The summed E-state index contributed by atoms with van der Waals surface area (Å²) in [6.45, 7) is 6.19. The summed E-state index contributed by atoms with van der Waals surface area (Å²) in [6.07, 6.45) is 1.61. The van der Waals surface area contributed by atoms with Crippen LogP contribution in [0.3, 0.4) is 0 Å². The molecule has 2 heterocycles. The Morgan fingerprint density at radius 2 is 2.24 bits per heavy atom. The molecule has 2 rings (SSSR count). The average Bonchev–Trinajstić information content (AvgIpc) is 3.04. The number of nitrogens with two attached hydrogens (primary N) is 1. The number of rotatable bonds is 4. The van der Waals surface area contributed by atoms with E-state index in [1.54, 1.807) is 6.26 Å². The van der Waals surface area contributed by atoms with Crippen LogP contribution in [0.25, 0.3) is 10.8 Å². The van der Waals surface area contributed by atoms with Crippen LogP contribution in [0, 0.1) is 5.41 Å². The standard InChI is InChI=1S/C14H19N3O2S.ClH/c1-14(2,3)11(15)12(18)16-7-9-8-20-13(17-9)10-5-4-6-19-10;/h4-6,8,11H,7,15H2,1-3H3,(H,16,18);1H/t11-;/m1./s1. The number of carbonyl (C=O) groups is 1. The number of amides is 1. The summed E-state index contributed by atoms with van der Waals surface area (Å²) in [5, 5.41) is 5.52. The second-order valence-corrected chi connectivity index (χ2v) is 6.54. The lowest BCUT2D eigenvalue weighted by Crippen LogP contribution is -2.48. The van der Waals surface area contributed by atoms with Gasteiger partial charge in [-0.1, -0.05) is 20.8 Å². The van der Waals surface area contributed by atoms with E-state index in [1.807, 2.05) is 38.3 Å². The van der Waals surface area contributed by atoms with Gasteiger partial charge >= 0.3 is 0 Å². The first-order chi connectivity index (χ1) is 9.38. The van der Waals surface area contributed by atoms with E-state index in [4.69, 9.17) is 10.2 Å². The van der Waals surface area contributed by atoms with E-state index in [9.17, 15) is 4.79 Å². The van der Waals surface area contributed by atoms with E-state index < -0.39 is 6.04 Å². The molecule has 0 fully saturated rings. The highest BCUT2D eigenvalue weighted by Crippen LogP contribution is 2.24. The number of halogens is 1. The van der Waals surface area contributed by atoms with Crippen LogP contribution in [0.5, 0.6) is 0 Å². The number of carbonyl (C=O) groups excluding carboxylic acids is 1. The van der Waals surface area contributed by atoms with Gasteiger partial charge < -0.3 is 15.5 Å². The van der Waals surface area contributed by atoms with Gasteiger partial charge in [0, 0.05) is 5.38 Å². The molecule has 0 unspecified atom stereocenters. The molecule has 116 valence electrons. The third-order valence-electron chi connectivity index (χ3n) is 2.94. The monoisotopic (exact) mass is 329 g/mol. The van der Waals surface area contributed by atoms with E-state index in [2.05, 4.69) is 10.3 Å². The Bertz CT molecular complexity index is 575. The minimum absolute atomic E-state index is 0. The van der Waals surface area contributed by atoms with Crippen LogP contribution in [0.1, 0.15) is 26.5 Å². The van der Waals surface area contributed by atoms with Gasteiger partial charge in [-0.3, -0.25) is 4.79 Å². The highest BCUT2D eigenvalue weighted by Gasteiger charge is 2.27. The van der Waals surface area contributed by atoms with Crippen LogP contribution in [-0.2, 0) is 11.3 Å². The minimum atomic E-state index is -0.536. The predicted octanol–water partition coefficient (Wildman–Crippen LogP) is 2.81. The molecule has 1 amide bonds. The summed E-state index contributed by atoms with van der Waals surface area (Å²) >= 11 is 1.49. The lowest BCUT2D eigenvalue weighted by molar-refractivity contribution is -0.124. The zero-order valence-electron chi connectivity index (χ0n) is 12.3. The molecule has 2 aromatic heterocycles. The first-order valence-electron chi connectivity index (χ1n) is 6.39. The third kappa shape index (κ3) is 4.56. The van der Waals surface area contributed by atoms with Gasteiger partial charge in [-0.25, -0.2) is 4.98 Å². The van der Waals surface area contributed by atoms with Crippen LogP contribution in [-0.4, -0.2) is 16.9 Å². The van der Waals surface area contributed by atoms with Crippen molar-refractivity contribution >= 4 is 29.7 Å². The fourth-order valence-electron chi connectivity index (χ4n) is 1.58. The van der Waals surface area contributed by atoms with Gasteiger partial charge in [0.05, 0.1) is 24.5 Å². The second-order valence-electron chi connectivity index (χ2n) is 5.68. The van der Waals surface area contributed by atoms with Crippen molar-refractivity contribution in [1.82, 2.24) is 10.3 Å². The average molecular weight is 330 g/mol. The second kappa shape index (κ2) is 7.06. The van der Waals surface area contributed by atoms with E-state index in [-0.39, 0.29) is 23.7 Å². The minimum Gasteiger partial charge on any atom is -0.462 e.